The minimum absolute atomic E-state index is 1.12. The topological polar surface area (TPSA) is 98.1 Å². The standard InChI is InChI=1S/C7H6N4S.CH2N4/c1-2-4-7(5-3-1)12-11-6-8-9-10-11;1-2-4-5-3-1/h1-6H;1H,(H,2,3,4,5). The molecule has 8 nitrogen and oxygen atoms in total. The summed E-state index contributed by atoms with van der Waals surface area (Å²) < 4.78 is 1.61. The van der Waals surface area contributed by atoms with Crippen LogP contribution in [0.3, 0.4) is 0 Å². The van der Waals surface area contributed by atoms with Crippen molar-refractivity contribution < 1.29 is 0 Å². The number of aromatic nitrogens is 8. The van der Waals surface area contributed by atoms with Gasteiger partial charge in [-0.15, -0.1) is 15.3 Å². The van der Waals surface area contributed by atoms with Crippen LogP contribution < -0.4 is 0 Å². The zero-order chi connectivity index (χ0) is 11.8. The number of rotatable bonds is 2. The molecule has 2 heterocycles. The Hall–Kier alpha value is -2.29. The smallest absolute Gasteiger partial charge is 0.161 e. The first-order valence-electron chi connectivity index (χ1n) is 4.58. The molecule has 1 N–H and O–H groups in total. The maximum Gasteiger partial charge on any atom is 0.161 e. The molecule has 0 aliphatic heterocycles. The fourth-order valence-corrected chi connectivity index (χ4v) is 1.57. The van der Waals surface area contributed by atoms with E-state index in [1.165, 1.54) is 18.3 Å². The average Bonchev–Trinajstić information content (AvgIpc) is 3.06. The number of nitrogens with one attached hydrogen (secondary N) is 1. The van der Waals surface area contributed by atoms with Crippen molar-refractivity contribution >= 4 is 11.9 Å². The Labute approximate surface area is 101 Å². The summed E-state index contributed by atoms with van der Waals surface area (Å²) in [7, 11) is 0. The first kappa shape index (κ1) is 11.2. The molecule has 9 heteroatoms. The molecule has 2 aromatic heterocycles. The van der Waals surface area contributed by atoms with E-state index in [2.05, 4.69) is 36.1 Å². The Balaban J connectivity index is 0.000000181. The number of nitrogens with zero attached hydrogens (tertiary/aromatic N) is 7. The molecular formula is C8H8N8S. The summed E-state index contributed by atoms with van der Waals surface area (Å²) in [5.74, 6) is 0. The summed E-state index contributed by atoms with van der Waals surface area (Å²) in [6, 6.07) is 9.95. The fourth-order valence-electron chi connectivity index (χ4n) is 0.913. The van der Waals surface area contributed by atoms with Gasteiger partial charge in [0.05, 0.1) is 0 Å². The third kappa shape index (κ3) is 3.99. The number of hydrogen-bond acceptors (Lipinski definition) is 7. The van der Waals surface area contributed by atoms with Gasteiger partial charge in [-0.3, -0.25) is 0 Å². The summed E-state index contributed by atoms with van der Waals surface area (Å²) >= 11 is 1.47. The number of hydrogen-bond donors (Lipinski definition) is 1. The number of tetrazole rings is 2. The normalized spacial score (nSPS) is 9.41. The first-order chi connectivity index (χ1) is 8.45. The lowest BCUT2D eigenvalue weighted by Crippen LogP contribution is -1.86. The second-order valence-electron chi connectivity index (χ2n) is 2.68. The quantitative estimate of drug-likeness (QED) is 0.702. The van der Waals surface area contributed by atoms with Gasteiger partial charge in [-0.25, -0.2) is 0 Å². The maximum absolute atomic E-state index is 3.73. The van der Waals surface area contributed by atoms with Gasteiger partial charge in [-0.05, 0) is 22.6 Å². The van der Waals surface area contributed by atoms with Gasteiger partial charge < -0.3 is 0 Å². The van der Waals surface area contributed by atoms with Crippen molar-refractivity contribution in [3.05, 3.63) is 43.0 Å². The monoisotopic (exact) mass is 248 g/mol. The van der Waals surface area contributed by atoms with Crippen LogP contribution >= 0.6 is 11.9 Å². The van der Waals surface area contributed by atoms with E-state index in [1.54, 1.807) is 10.4 Å². The molecule has 0 unspecified atom stereocenters. The summed E-state index contributed by atoms with van der Waals surface area (Å²) in [6.07, 6.45) is 2.90. The SMILES string of the molecule is c1ccc(Sn2cnnn2)cc1.c1nn[nH]n1. The molecule has 0 bridgehead atoms. The molecule has 0 aliphatic carbocycles. The molecule has 1 aromatic carbocycles. The molecular weight excluding hydrogens is 240 g/mol. The zero-order valence-corrected chi connectivity index (χ0v) is 9.40. The van der Waals surface area contributed by atoms with Crippen LogP contribution in [0.5, 0.6) is 0 Å². The fraction of sp³-hybridized carbons (Fsp3) is 0. The van der Waals surface area contributed by atoms with E-state index in [4.69, 9.17) is 0 Å². The second-order valence-corrected chi connectivity index (χ2v) is 3.70. The van der Waals surface area contributed by atoms with Crippen LogP contribution in [0.1, 0.15) is 0 Å². The Kier molecular flexibility index (Phi) is 4.17. The van der Waals surface area contributed by atoms with Crippen LogP contribution in [0.4, 0.5) is 0 Å². The highest BCUT2D eigenvalue weighted by Gasteiger charge is 1.94. The second kappa shape index (κ2) is 6.33. The van der Waals surface area contributed by atoms with E-state index in [9.17, 15) is 0 Å². The van der Waals surface area contributed by atoms with E-state index in [1.807, 2.05) is 30.3 Å². The molecule has 3 aromatic rings. The lowest BCUT2D eigenvalue weighted by Gasteiger charge is -1.95. The van der Waals surface area contributed by atoms with Gasteiger partial charge in [0.1, 0.15) is 0 Å². The van der Waals surface area contributed by atoms with Crippen molar-refractivity contribution in [3.8, 4) is 0 Å². The predicted octanol–water partition coefficient (Wildman–Crippen LogP) is 0.428. The van der Waals surface area contributed by atoms with E-state index in [0.717, 1.165) is 4.90 Å². The predicted molar refractivity (Wildman–Crippen MR) is 59.7 cm³/mol. The Morgan fingerprint density at radius 2 is 2.00 bits per heavy atom. The zero-order valence-electron chi connectivity index (χ0n) is 8.58. The lowest BCUT2D eigenvalue weighted by molar-refractivity contribution is 0.852. The van der Waals surface area contributed by atoms with Crippen LogP contribution in [0.25, 0.3) is 0 Å². The molecule has 17 heavy (non-hydrogen) atoms. The molecule has 3 rings (SSSR count). The number of aromatic amines is 1. The van der Waals surface area contributed by atoms with Crippen molar-refractivity contribution in [2.24, 2.45) is 0 Å². The summed E-state index contributed by atoms with van der Waals surface area (Å²) in [6.45, 7) is 0. The Bertz CT molecular complexity index is 476. The molecule has 0 spiro atoms. The van der Waals surface area contributed by atoms with E-state index in [0.29, 0.717) is 0 Å². The largest absolute Gasteiger partial charge is 0.177 e. The third-order valence-corrected chi connectivity index (χ3v) is 2.38. The van der Waals surface area contributed by atoms with Gasteiger partial charge in [0.25, 0.3) is 0 Å². The molecule has 0 aliphatic rings. The third-order valence-electron chi connectivity index (χ3n) is 1.54. The Morgan fingerprint density at radius 1 is 1.12 bits per heavy atom. The van der Waals surface area contributed by atoms with Crippen LogP contribution in [0, 0.1) is 0 Å². The van der Waals surface area contributed by atoms with E-state index >= 15 is 0 Å². The summed E-state index contributed by atoms with van der Waals surface area (Å²) in [5, 5.41) is 23.0. The van der Waals surface area contributed by atoms with Crippen LogP contribution in [-0.2, 0) is 0 Å². The van der Waals surface area contributed by atoms with Crippen molar-refractivity contribution in [2.75, 3.05) is 0 Å². The molecule has 0 amide bonds. The lowest BCUT2D eigenvalue weighted by atomic mass is 10.4. The van der Waals surface area contributed by atoms with Gasteiger partial charge in [0.15, 0.2) is 12.7 Å². The van der Waals surface area contributed by atoms with E-state index < -0.39 is 0 Å². The highest BCUT2D eigenvalue weighted by atomic mass is 32.2. The first-order valence-corrected chi connectivity index (χ1v) is 5.35. The summed E-state index contributed by atoms with van der Waals surface area (Å²) in [4.78, 5) is 1.12. The van der Waals surface area contributed by atoms with Crippen LogP contribution in [0.2, 0.25) is 0 Å². The molecule has 86 valence electrons. The van der Waals surface area contributed by atoms with Gasteiger partial charge in [0.2, 0.25) is 0 Å². The molecule has 0 atom stereocenters. The van der Waals surface area contributed by atoms with Crippen LogP contribution in [0.15, 0.2) is 47.9 Å². The maximum atomic E-state index is 3.73. The van der Waals surface area contributed by atoms with Crippen molar-refractivity contribution in [3.63, 3.8) is 0 Å². The van der Waals surface area contributed by atoms with Crippen molar-refractivity contribution in [1.29, 1.82) is 0 Å². The summed E-state index contributed by atoms with van der Waals surface area (Å²) in [5.41, 5.74) is 0. The average molecular weight is 248 g/mol. The van der Waals surface area contributed by atoms with Gasteiger partial charge in [0, 0.05) is 16.8 Å². The molecule has 0 fully saturated rings. The highest BCUT2D eigenvalue weighted by molar-refractivity contribution is 7.97. The molecule has 0 saturated carbocycles. The van der Waals surface area contributed by atoms with Gasteiger partial charge in [-0.1, -0.05) is 23.4 Å². The number of H-pyrrole nitrogens is 1. The van der Waals surface area contributed by atoms with E-state index in [-0.39, 0.29) is 0 Å². The van der Waals surface area contributed by atoms with Crippen LogP contribution in [-0.4, -0.2) is 40.2 Å². The van der Waals surface area contributed by atoms with Crippen molar-refractivity contribution in [1.82, 2.24) is 40.2 Å². The minimum atomic E-state index is 1.12. The molecule has 0 saturated heterocycles. The van der Waals surface area contributed by atoms with Crippen molar-refractivity contribution in [2.45, 2.75) is 4.90 Å². The van der Waals surface area contributed by atoms with Gasteiger partial charge >= 0.3 is 0 Å². The number of benzene rings is 1. The Morgan fingerprint density at radius 3 is 2.53 bits per heavy atom. The van der Waals surface area contributed by atoms with Gasteiger partial charge in [-0.2, -0.15) is 9.30 Å². The highest BCUT2D eigenvalue weighted by Crippen LogP contribution is 2.16. The minimum Gasteiger partial charge on any atom is -0.177 e. The molecule has 0 radical (unpaired) electrons.